The van der Waals surface area contributed by atoms with Crippen LogP contribution >= 0.6 is 11.6 Å². The summed E-state index contributed by atoms with van der Waals surface area (Å²) in [5, 5.41) is 3.73. The number of nitrogens with one attached hydrogen (secondary N) is 1. The van der Waals surface area contributed by atoms with Crippen LogP contribution in [-0.2, 0) is 22.6 Å². The Hall–Kier alpha value is -3.71. The molecule has 1 saturated carbocycles. The van der Waals surface area contributed by atoms with Crippen molar-refractivity contribution in [1.82, 2.24) is 10.2 Å². The maximum Gasteiger partial charge on any atom is 0.261 e. The third kappa shape index (κ3) is 7.90. The van der Waals surface area contributed by atoms with Crippen molar-refractivity contribution >= 4 is 23.4 Å². The van der Waals surface area contributed by atoms with Crippen molar-refractivity contribution in [3.8, 4) is 17.2 Å². The Morgan fingerprint density at radius 1 is 0.923 bits per heavy atom. The second-order valence-corrected chi connectivity index (χ2v) is 10.1. The largest absolute Gasteiger partial charge is 0.496 e. The predicted molar refractivity (Wildman–Crippen MR) is 151 cm³/mol. The molecule has 3 aromatic carbocycles. The van der Waals surface area contributed by atoms with E-state index in [4.69, 9.17) is 25.8 Å². The molecule has 4 rings (SSSR count). The first-order chi connectivity index (χ1) is 19.0. The van der Waals surface area contributed by atoms with Gasteiger partial charge in [-0.15, -0.1) is 0 Å². The summed E-state index contributed by atoms with van der Waals surface area (Å²) in [6.07, 6.45) is 4.44. The molecular formula is C31H35ClN2O5. The topological polar surface area (TPSA) is 77.1 Å². The molecule has 1 N–H and O–H groups in total. The van der Waals surface area contributed by atoms with Crippen molar-refractivity contribution in [1.29, 1.82) is 0 Å². The van der Waals surface area contributed by atoms with E-state index in [-0.39, 0.29) is 31.0 Å². The number of rotatable bonds is 12. The van der Waals surface area contributed by atoms with Gasteiger partial charge in [-0.2, -0.15) is 0 Å². The zero-order valence-electron chi connectivity index (χ0n) is 22.4. The molecule has 0 bridgehead atoms. The van der Waals surface area contributed by atoms with Gasteiger partial charge in [-0.05, 0) is 30.0 Å². The van der Waals surface area contributed by atoms with Crippen molar-refractivity contribution in [3.05, 3.63) is 88.9 Å². The Balaban J connectivity index is 1.63. The summed E-state index contributed by atoms with van der Waals surface area (Å²) in [7, 11) is 3.10. The lowest BCUT2D eigenvalue weighted by Gasteiger charge is -2.32. The van der Waals surface area contributed by atoms with Gasteiger partial charge in [-0.3, -0.25) is 9.59 Å². The van der Waals surface area contributed by atoms with Crippen LogP contribution in [-0.4, -0.2) is 49.6 Å². The van der Waals surface area contributed by atoms with Gasteiger partial charge in [0.05, 0.1) is 14.2 Å². The molecule has 0 aromatic heterocycles. The number of nitrogens with zero attached hydrogens (tertiary/aromatic N) is 1. The molecule has 1 aliphatic carbocycles. The fraction of sp³-hybridized carbons (Fsp3) is 0.355. The summed E-state index contributed by atoms with van der Waals surface area (Å²) in [5.41, 5.74) is 1.71. The molecule has 1 fully saturated rings. The van der Waals surface area contributed by atoms with Crippen LogP contribution in [0.15, 0.2) is 72.8 Å². The van der Waals surface area contributed by atoms with E-state index in [1.807, 2.05) is 48.5 Å². The minimum absolute atomic E-state index is 0.119. The SMILES string of the molecule is COc1cc(OC)cc(OCC(=O)N(Cc2ccccc2Cl)C(Cc2ccccc2)C(=O)NC2CCCC2)c1. The van der Waals surface area contributed by atoms with Gasteiger partial charge in [0.25, 0.3) is 5.91 Å². The Morgan fingerprint density at radius 3 is 2.18 bits per heavy atom. The summed E-state index contributed by atoms with van der Waals surface area (Å²) < 4.78 is 16.5. The lowest BCUT2D eigenvalue weighted by molar-refractivity contribution is -0.143. The molecule has 0 aliphatic heterocycles. The summed E-state index contributed by atoms with van der Waals surface area (Å²) in [6.45, 7) is -0.109. The van der Waals surface area contributed by atoms with Crippen molar-refractivity contribution in [2.75, 3.05) is 20.8 Å². The first-order valence-corrected chi connectivity index (χ1v) is 13.6. The first-order valence-electron chi connectivity index (χ1n) is 13.2. The number of hydrogen-bond acceptors (Lipinski definition) is 5. The minimum Gasteiger partial charge on any atom is -0.496 e. The molecule has 3 aromatic rings. The first kappa shape index (κ1) is 28.3. The number of amides is 2. The standard InChI is InChI=1S/C31H35ClN2O5/c1-37-25-17-26(38-2)19-27(18-25)39-21-30(35)34(20-23-12-6-9-15-28(23)32)29(16-22-10-4-3-5-11-22)31(36)33-24-13-7-8-14-24/h3-6,9-12,15,17-19,24,29H,7-8,13-14,16,20-21H2,1-2H3,(H,33,36). The number of halogens is 1. The highest BCUT2D eigenvalue weighted by Gasteiger charge is 2.32. The van der Waals surface area contributed by atoms with Gasteiger partial charge < -0.3 is 24.4 Å². The van der Waals surface area contributed by atoms with E-state index in [0.29, 0.717) is 28.7 Å². The maximum absolute atomic E-state index is 13.8. The molecule has 8 heteroatoms. The van der Waals surface area contributed by atoms with Gasteiger partial charge in [0, 0.05) is 42.2 Å². The fourth-order valence-electron chi connectivity index (χ4n) is 4.82. The predicted octanol–water partition coefficient (Wildman–Crippen LogP) is 5.43. The smallest absolute Gasteiger partial charge is 0.261 e. The molecule has 1 aliphatic rings. The highest BCUT2D eigenvalue weighted by molar-refractivity contribution is 6.31. The molecule has 0 heterocycles. The van der Waals surface area contributed by atoms with E-state index in [1.165, 1.54) is 0 Å². The van der Waals surface area contributed by atoms with Crippen LogP contribution in [0.1, 0.15) is 36.8 Å². The number of carbonyl (C=O) groups is 2. The lowest BCUT2D eigenvalue weighted by Crippen LogP contribution is -2.53. The Bertz CT molecular complexity index is 1220. The number of benzene rings is 3. The summed E-state index contributed by atoms with van der Waals surface area (Å²) in [6, 6.07) is 21.5. The molecule has 206 valence electrons. The zero-order valence-corrected chi connectivity index (χ0v) is 23.2. The highest BCUT2D eigenvalue weighted by Crippen LogP contribution is 2.28. The third-order valence-corrected chi connectivity index (χ3v) is 7.33. The molecule has 7 nitrogen and oxygen atoms in total. The number of carbonyl (C=O) groups excluding carboxylic acids is 2. The van der Waals surface area contributed by atoms with E-state index in [2.05, 4.69) is 5.32 Å². The van der Waals surface area contributed by atoms with Gasteiger partial charge in [0.15, 0.2) is 6.61 Å². The number of ether oxygens (including phenoxy) is 3. The van der Waals surface area contributed by atoms with E-state index >= 15 is 0 Å². The average molecular weight is 551 g/mol. The third-order valence-electron chi connectivity index (χ3n) is 6.96. The van der Waals surface area contributed by atoms with Gasteiger partial charge in [0.1, 0.15) is 23.3 Å². The van der Waals surface area contributed by atoms with Gasteiger partial charge in [0.2, 0.25) is 5.91 Å². The summed E-state index contributed by atoms with van der Waals surface area (Å²) in [4.78, 5) is 29.2. The normalized spacial score (nSPS) is 13.9. The Kier molecular flexibility index (Phi) is 10.1. The van der Waals surface area contributed by atoms with E-state index < -0.39 is 6.04 Å². The molecular weight excluding hydrogens is 516 g/mol. The Morgan fingerprint density at radius 2 is 1.54 bits per heavy atom. The van der Waals surface area contributed by atoms with E-state index in [9.17, 15) is 9.59 Å². The van der Waals surface area contributed by atoms with Crippen LogP contribution in [0.25, 0.3) is 0 Å². The molecule has 39 heavy (non-hydrogen) atoms. The highest BCUT2D eigenvalue weighted by atomic mass is 35.5. The summed E-state index contributed by atoms with van der Waals surface area (Å²) in [5.74, 6) is 1.01. The molecule has 0 spiro atoms. The zero-order chi connectivity index (χ0) is 27.6. The fourth-order valence-corrected chi connectivity index (χ4v) is 5.02. The van der Waals surface area contributed by atoms with E-state index in [1.54, 1.807) is 43.4 Å². The van der Waals surface area contributed by atoms with Crippen LogP contribution in [0.2, 0.25) is 5.02 Å². The molecule has 0 radical (unpaired) electrons. The summed E-state index contributed by atoms with van der Waals surface area (Å²) >= 11 is 6.50. The lowest BCUT2D eigenvalue weighted by atomic mass is 10.0. The van der Waals surface area contributed by atoms with Gasteiger partial charge in [-0.25, -0.2) is 0 Å². The van der Waals surface area contributed by atoms with Gasteiger partial charge in [-0.1, -0.05) is 73.0 Å². The Labute approximate surface area is 235 Å². The quantitative estimate of drug-likeness (QED) is 0.325. The average Bonchev–Trinajstić information content (AvgIpc) is 3.47. The second kappa shape index (κ2) is 13.9. The van der Waals surface area contributed by atoms with Gasteiger partial charge >= 0.3 is 0 Å². The second-order valence-electron chi connectivity index (χ2n) is 9.65. The van der Waals surface area contributed by atoms with Crippen molar-refractivity contribution in [2.45, 2.75) is 50.7 Å². The van der Waals surface area contributed by atoms with Crippen molar-refractivity contribution in [2.24, 2.45) is 0 Å². The van der Waals surface area contributed by atoms with Crippen LogP contribution in [0.4, 0.5) is 0 Å². The van der Waals surface area contributed by atoms with Crippen LogP contribution in [0.5, 0.6) is 17.2 Å². The monoisotopic (exact) mass is 550 g/mol. The van der Waals surface area contributed by atoms with Crippen molar-refractivity contribution in [3.63, 3.8) is 0 Å². The molecule has 1 unspecified atom stereocenters. The molecule has 0 saturated heterocycles. The minimum atomic E-state index is -0.750. The van der Waals surface area contributed by atoms with Crippen LogP contribution in [0, 0.1) is 0 Å². The molecule has 1 atom stereocenters. The van der Waals surface area contributed by atoms with E-state index in [0.717, 1.165) is 36.8 Å². The van der Waals surface area contributed by atoms with Crippen LogP contribution < -0.4 is 19.5 Å². The van der Waals surface area contributed by atoms with Crippen molar-refractivity contribution < 1.29 is 23.8 Å². The maximum atomic E-state index is 13.8. The molecule has 2 amide bonds. The van der Waals surface area contributed by atoms with Crippen LogP contribution in [0.3, 0.4) is 0 Å². The number of methoxy groups -OCH3 is 2. The number of hydrogen-bond donors (Lipinski definition) is 1.